The van der Waals surface area contributed by atoms with Crippen molar-refractivity contribution in [2.24, 2.45) is 5.73 Å². The molecule has 5 nitrogen and oxygen atoms in total. The number of rotatable bonds is 2. The molecule has 0 aromatic carbocycles. The maximum atomic E-state index is 5.68. The molecule has 1 saturated heterocycles. The average Bonchev–Trinajstić information content (AvgIpc) is 2.54. The lowest BCUT2D eigenvalue weighted by Crippen LogP contribution is -2.31. The fourth-order valence-electron chi connectivity index (χ4n) is 1.99. The minimum atomic E-state index is 0.311. The van der Waals surface area contributed by atoms with E-state index in [1.54, 1.807) is 12.4 Å². The monoisotopic (exact) mass is 251 g/mol. The molecule has 0 atom stereocenters. The fourth-order valence-corrected chi connectivity index (χ4v) is 2.14. The maximum Gasteiger partial charge on any atom is 0.157 e. The normalized spacial score (nSPS) is 17.8. The van der Waals surface area contributed by atoms with Gasteiger partial charge in [-0.05, 0) is 20.0 Å². The number of anilines is 1. The molecule has 1 aromatic rings. The van der Waals surface area contributed by atoms with E-state index in [4.69, 9.17) is 18.0 Å². The van der Waals surface area contributed by atoms with Crippen molar-refractivity contribution >= 4 is 23.0 Å². The Balaban J connectivity index is 2.24. The third-order valence-corrected chi connectivity index (χ3v) is 3.12. The predicted octanol–water partition coefficient (Wildman–Crippen LogP) is 0.253. The molecule has 1 fully saturated rings. The Hall–Kier alpha value is -1.27. The Morgan fingerprint density at radius 1 is 1.24 bits per heavy atom. The molecule has 1 aromatic heterocycles. The van der Waals surface area contributed by atoms with Crippen molar-refractivity contribution in [3.05, 3.63) is 18.1 Å². The number of thiocarbonyl (C=S) groups is 1. The van der Waals surface area contributed by atoms with Crippen LogP contribution in [0.25, 0.3) is 0 Å². The highest BCUT2D eigenvalue weighted by atomic mass is 32.1. The van der Waals surface area contributed by atoms with E-state index in [2.05, 4.69) is 26.8 Å². The first-order valence-corrected chi connectivity index (χ1v) is 6.13. The molecule has 0 aliphatic carbocycles. The summed E-state index contributed by atoms with van der Waals surface area (Å²) in [6.45, 7) is 4.04. The lowest BCUT2D eigenvalue weighted by molar-refractivity contribution is 0.360. The van der Waals surface area contributed by atoms with Gasteiger partial charge in [-0.2, -0.15) is 0 Å². The number of hydrogen-bond donors (Lipinski definition) is 1. The summed E-state index contributed by atoms with van der Waals surface area (Å²) in [5, 5.41) is 0. The molecule has 17 heavy (non-hydrogen) atoms. The van der Waals surface area contributed by atoms with Gasteiger partial charge in [0.25, 0.3) is 0 Å². The zero-order chi connectivity index (χ0) is 12.3. The first kappa shape index (κ1) is 12.2. The summed E-state index contributed by atoms with van der Waals surface area (Å²) in [5.74, 6) is 0.815. The SMILES string of the molecule is CN1CCCN(c2nccnc2C(N)=S)CC1. The van der Waals surface area contributed by atoms with Crippen LogP contribution >= 0.6 is 12.2 Å². The van der Waals surface area contributed by atoms with E-state index in [0.29, 0.717) is 10.7 Å². The molecule has 0 radical (unpaired) electrons. The van der Waals surface area contributed by atoms with Gasteiger partial charge in [-0.3, -0.25) is 0 Å². The first-order chi connectivity index (χ1) is 8.18. The smallest absolute Gasteiger partial charge is 0.157 e. The van der Waals surface area contributed by atoms with Crippen LogP contribution in [0.1, 0.15) is 12.1 Å². The molecule has 2 rings (SSSR count). The molecule has 0 saturated carbocycles. The molecule has 2 heterocycles. The van der Waals surface area contributed by atoms with Gasteiger partial charge in [0.15, 0.2) is 5.82 Å². The molecular weight excluding hydrogens is 234 g/mol. The third-order valence-electron chi connectivity index (χ3n) is 2.93. The summed E-state index contributed by atoms with van der Waals surface area (Å²) in [6.07, 6.45) is 4.43. The van der Waals surface area contributed by atoms with Crippen molar-refractivity contribution in [2.45, 2.75) is 6.42 Å². The molecule has 0 unspecified atom stereocenters. The third kappa shape index (κ3) is 2.89. The van der Waals surface area contributed by atoms with Gasteiger partial charge in [0.2, 0.25) is 0 Å². The van der Waals surface area contributed by atoms with Crippen LogP contribution in [-0.2, 0) is 0 Å². The van der Waals surface area contributed by atoms with Gasteiger partial charge in [0.1, 0.15) is 10.7 Å². The summed E-state index contributed by atoms with van der Waals surface area (Å²) in [4.78, 5) is 13.4. The topological polar surface area (TPSA) is 58.3 Å². The van der Waals surface area contributed by atoms with Crippen molar-refractivity contribution in [3.63, 3.8) is 0 Å². The second-order valence-corrected chi connectivity index (χ2v) is 4.68. The van der Waals surface area contributed by atoms with Crippen LogP contribution in [0.3, 0.4) is 0 Å². The van der Waals surface area contributed by atoms with Crippen molar-refractivity contribution in [1.82, 2.24) is 14.9 Å². The van der Waals surface area contributed by atoms with E-state index in [1.165, 1.54) is 0 Å². The van der Waals surface area contributed by atoms with Gasteiger partial charge in [0, 0.05) is 32.0 Å². The zero-order valence-electron chi connectivity index (χ0n) is 9.96. The average molecular weight is 251 g/mol. The quantitative estimate of drug-likeness (QED) is 0.761. The van der Waals surface area contributed by atoms with Gasteiger partial charge in [-0.1, -0.05) is 12.2 Å². The van der Waals surface area contributed by atoms with E-state index in [0.717, 1.165) is 38.4 Å². The summed E-state index contributed by atoms with van der Waals surface area (Å²) < 4.78 is 0. The highest BCUT2D eigenvalue weighted by Crippen LogP contribution is 2.16. The minimum absolute atomic E-state index is 0.311. The van der Waals surface area contributed by atoms with Crippen molar-refractivity contribution < 1.29 is 0 Å². The van der Waals surface area contributed by atoms with Crippen LogP contribution in [0.5, 0.6) is 0 Å². The van der Waals surface area contributed by atoms with Gasteiger partial charge in [-0.25, -0.2) is 9.97 Å². The van der Waals surface area contributed by atoms with Gasteiger partial charge in [-0.15, -0.1) is 0 Å². The Morgan fingerprint density at radius 2 is 2.00 bits per heavy atom. The number of likely N-dealkylation sites (N-methyl/N-ethyl adjacent to an activating group) is 1. The fraction of sp³-hybridized carbons (Fsp3) is 0.545. The Labute approximate surface area is 107 Å². The van der Waals surface area contributed by atoms with Crippen molar-refractivity contribution in [3.8, 4) is 0 Å². The van der Waals surface area contributed by atoms with Gasteiger partial charge in [0.05, 0.1) is 0 Å². The minimum Gasteiger partial charge on any atom is -0.388 e. The van der Waals surface area contributed by atoms with Gasteiger partial charge >= 0.3 is 0 Å². The van der Waals surface area contributed by atoms with Crippen LogP contribution in [0, 0.1) is 0 Å². The Bertz CT molecular complexity index is 409. The first-order valence-electron chi connectivity index (χ1n) is 5.73. The van der Waals surface area contributed by atoms with E-state index < -0.39 is 0 Å². The summed E-state index contributed by atoms with van der Waals surface area (Å²) >= 11 is 5.01. The molecule has 0 amide bonds. The van der Waals surface area contributed by atoms with Crippen LogP contribution in [0.15, 0.2) is 12.4 Å². The predicted molar refractivity (Wildman–Crippen MR) is 72.2 cm³/mol. The largest absolute Gasteiger partial charge is 0.388 e. The van der Waals surface area contributed by atoms with E-state index in [9.17, 15) is 0 Å². The lowest BCUT2D eigenvalue weighted by Gasteiger charge is -2.22. The molecule has 6 heteroatoms. The Kier molecular flexibility index (Phi) is 3.86. The maximum absolute atomic E-state index is 5.68. The highest BCUT2D eigenvalue weighted by molar-refractivity contribution is 7.80. The van der Waals surface area contributed by atoms with Crippen LogP contribution in [0.4, 0.5) is 5.82 Å². The highest BCUT2D eigenvalue weighted by Gasteiger charge is 2.18. The molecule has 0 bridgehead atoms. The van der Waals surface area contributed by atoms with Crippen LogP contribution < -0.4 is 10.6 Å². The lowest BCUT2D eigenvalue weighted by atomic mass is 10.3. The summed E-state index contributed by atoms with van der Waals surface area (Å²) in [7, 11) is 2.13. The molecule has 2 N–H and O–H groups in total. The second kappa shape index (κ2) is 5.37. The molecular formula is C11H17N5S. The standard InChI is InChI=1S/C11H17N5S/c1-15-5-2-6-16(8-7-15)11-9(10(12)17)13-3-4-14-11/h3-4H,2,5-8H2,1H3,(H2,12,17). The molecule has 1 aliphatic heterocycles. The number of nitrogens with two attached hydrogens (primary N) is 1. The Morgan fingerprint density at radius 3 is 2.76 bits per heavy atom. The van der Waals surface area contributed by atoms with Crippen LogP contribution in [0.2, 0.25) is 0 Å². The molecule has 1 aliphatic rings. The van der Waals surface area contributed by atoms with E-state index in [-0.39, 0.29) is 0 Å². The number of nitrogens with zero attached hydrogens (tertiary/aromatic N) is 4. The second-order valence-electron chi connectivity index (χ2n) is 4.24. The van der Waals surface area contributed by atoms with Crippen molar-refractivity contribution in [1.29, 1.82) is 0 Å². The number of hydrogen-bond acceptors (Lipinski definition) is 5. The zero-order valence-corrected chi connectivity index (χ0v) is 10.8. The van der Waals surface area contributed by atoms with E-state index in [1.807, 2.05) is 0 Å². The molecule has 0 spiro atoms. The van der Waals surface area contributed by atoms with Crippen LogP contribution in [-0.4, -0.2) is 53.1 Å². The molecule has 92 valence electrons. The van der Waals surface area contributed by atoms with Crippen molar-refractivity contribution in [2.75, 3.05) is 38.1 Å². The summed E-state index contributed by atoms with van der Waals surface area (Å²) in [6, 6.07) is 0. The summed E-state index contributed by atoms with van der Waals surface area (Å²) in [5.41, 5.74) is 6.31. The van der Waals surface area contributed by atoms with Gasteiger partial charge < -0.3 is 15.5 Å². The number of aromatic nitrogens is 2. The van der Waals surface area contributed by atoms with E-state index >= 15 is 0 Å².